The second kappa shape index (κ2) is 8.55. The van der Waals surface area contributed by atoms with E-state index in [2.05, 4.69) is 22.4 Å². The van der Waals surface area contributed by atoms with E-state index in [1.165, 1.54) is 0 Å². The summed E-state index contributed by atoms with van der Waals surface area (Å²) in [6.45, 7) is 4.63. The predicted octanol–water partition coefficient (Wildman–Crippen LogP) is 5.42. The van der Waals surface area contributed by atoms with Gasteiger partial charge in [-0.1, -0.05) is 18.5 Å². The van der Waals surface area contributed by atoms with E-state index in [-0.39, 0.29) is 5.91 Å². The summed E-state index contributed by atoms with van der Waals surface area (Å²) >= 11 is 5.95. The Labute approximate surface area is 179 Å². The van der Waals surface area contributed by atoms with Crippen molar-refractivity contribution in [3.8, 4) is 11.4 Å². The first-order valence-corrected chi connectivity index (χ1v) is 10.1. The molecule has 1 amide bonds. The van der Waals surface area contributed by atoms with Crippen LogP contribution >= 0.6 is 11.6 Å². The summed E-state index contributed by atoms with van der Waals surface area (Å²) in [5.41, 5.74) is 4.41. The van der Waals surface area contributed by atoms with Gasteiger partial charge in [0.15, 0.2) is 0 Å². The second-order valence-electron chi connectivity index (χ2n) is 6.95. The normalized spacial score (nSPS) is 10.9. The number of rotatable bonds is 6. The summed E-state index contributed by atoms with van der Waals surface area (Å²) in [6.07, 6.45) is 0.937. The number of benzene rings is 3. The molecule has 4 rings (SSSR count). The first-order chi connectivity index (χ1) is 14.5. The quantitative estimate of drug-likeness (QED) is 0.452. The zero-order chi connectivity index (χ0) is 21.1. The molecule has 0 saturated heterocycles. The molecule has 0 bridgehead atoms. The molecule has 3 aromatic carbocycles. The van der Waals surface area contributed by atoms with Gasteiger partial charge in [0, 0.05) is 16.3 Å². The fourth-order valence-electron chi connectivity index (χ4n) is 3.01. The molecule has 0 spiro atoms. The van der Waals surface area contributed by atoms with Crippen molar-refractivity contribution in [3.63, 3.8) is 0 Å². The van der Waals surface area contributed by atoms with Gasteiger partial charge < -0.3 is 10.1 Å². The van der Waals surface area contributed by atoms with Crippen LogP contribution in [0.25, 0.3) is 16.7 Å². The molecule has 0 unspecified atom stereocenters. The maximum atomic E-state index is 12.7. The number of hydrogen-bond acceptors (Lipinski definition) is 4. The molecule has 152 valence electrons. The summed E-state index contributed by atoms with van der Waals surface area (Å²) in [4.78, 5) is 14.2. The molecule has 0 saturated carbocycles. The molecular weight excluding hydrogens is 400 g/mol. The van der Waals surface area contributed by atoms with E-state index in [0.29, 0.717) is 28.4 Å². The van der Waals surface area contributed by atoms with E-state index in [9.17, 15) is 4.79 Å². The Hall–Kier alpha value is -3.38. The summed E-state index contributed by atoms with van der Waals surface area (Å²) < 4.78 is 5.56. The van der Waals surface area contributed by atoms with Crippen molar-refractivity contribution in [2.75, 3.05) is 11.9 Å². The van der Waals surface area contributed by atoms with E-state index < -0.39 is 0 Å². The fraction of sp³-hybridized carbons (Fsp3) is 0.174. The van der Waals surface area contributed by atoms with Crippen molar-refractivity contribution < 1.29 is 9.53 Å². The van der Waals surface area contributed by atoms with Crippen LogP contribution < -0.4 is 10.1 Å². The lowest BCUT2D eigenvalue weighted by atomic mass is 10.1. The smallest absolute Gasteiger partial charge is 0.255 e. The number of aromatic nitrogens is 3. The van der Waals surface area contributed by atoms with Gasteiger partial charge in [0.2, 0.25) is 0 Å². The van der Waals surface area contributed by atoms with E-state index >= 15 is 0 Å². The average Bonchev–Trinajstić information content (AvgIpc) is 3.16. The molecule has 7 heteroatoms. The number of nitrogens with zero attached hydrogens (tertiary/aromatic N) is 3. The third kappa shape index (κ3) is 4.28. The van der Waals surface area contributed by atoms with Gasteiger partial charge in [-0.2, -0.15) is 4.80 Å². The third-order valence-electron chi connectivity index (χ3n) is 4.62. The van der Waals surface area contributed by atoms with Gasteiger partial charge in [-0.15, -0.1) is 10.2 Å². The zero-order valence-electron chi connectivity index (χ0n) is 16.7. The first kappa shape index (κ1) is 19.9. The van der Waals surface area contributed by atoms with Crippen LogP contribution in [-0.2, 0) is 0 Å². The molecule has 6 nitrogen and oxygen atoms in total. The maximum Gasteiger partial charge on any atom is 0.255 e. The topological polar surface area (TPSA) is 69.0 Å². The Morgan fingerprint density at radius 3 is 2.37 bits per heavy atom. The molecule has 4 aromatic rings. The number of anilines is 1. The van der Waals surface area contributed by atoms with Crippen LogP contribution in [0, 0.1) is 6.92 Å². The molecule has 1 aromatic heterocycles. The van der Waals surface area contributed by atoms with Crippen molar-refractivity contribution >= 4 is 34.2 Å². The van der Waals surface area contributed by atoms with Crippen LogP contribution in [0.5, 0.6) is 5.75 Å². The highest BCUT2D eigenvalue weighted by Gasteiger charge is 2.12. The molecule has 0 fully saturated rings. The monoisotopic (exact) mass is 420 g/mol. The number of fused-ring (bicyclic) bond motifs is 1. The SMILES string of the molecule is CCCOc1ccc(C(=O)Nc2cc3nn(-c4ccc(Cl)cc4)nc3cc2C)cc1. The minimum atomic E-state index is -0.190. The minimum Gasteiger partial charge on any atom is -0.494 e. The summed E-state index contributed by atoms with van der Waals surface area (Å²) in [7, 11) is 0. The third-order valence-corrected chi connectivity index (χ3v) is 4.87. The van der Waals surface area contributed by atoms with Gasteiger partial charge in [-0.25, -0.2) is 0 Å². The van der Waals surface area contributed by atoms with Crippen molar-refractivity contribution in [3.05, 3.63) is 76.8 Å². The van der Waals surface area contributed by atoms with Crippen LogP contribution in [0.15, 0.2) is 60.7 Å². The van der Waals surface area contributed by atoms with Crippen LogP contribution in [-0.4, -0.2) is 27.5 Å². The Morgan fingerprint density at radius 2 is 1.70 bits per heavy atom. The molecule has 30 heavy (non-hydrogen) atoms. The van der Waals surface area contributed by atoms with E-state index in [0.717, 1.165) is 28.9 Å². The number of ether oxygens (including phenoxy) is 1. The number of amides is 1. The Kier molecular flexibility index (Phi) is 5.68. The highest BCUT2D eigenvalue weighted by Crippen LogP contribution is 2.23. The Bertz CT molecular complexity index is 1180. The number of carbonyl (C=O) groups is 1. The molecule has 0 radical (unpaired) electrons. The summed E-state index contributed by atoms with van der Waals surface area (Å²) in [5.74, 6) is 0.564. The largest absolute Gasteiger partial charge is 0.494 e. The average molecular weight is 421 g/mol. The van der Waals surface area contributed by atoms with E-state index in [4.69, 9.17) is 16.3 Å². The lowest BCUT2D eigenvalue weighted by Gasteiger charge is -2.09. The first-order valence-electron chi connectivity index (χ1n) is 9.71. The van der Waals surface area contributed by atoms with Crippen molar-refractivity contribution in [1.29, 1.82) is 0 Å². The second-order valence-corrected chi connectivity index (χ2v) is 7.39. The van der Waals surface area contributed by atoms with Gasteiger partial charge in [-0.3, -0.25) is 4.79 Å². The van der Waals surface area contributed by atoms with Crippen LogP contribution in [0.4, 0.5) is 5.69 Å². The van der Waals surface area contributed by atoms with Crippen molar-refractivity contribution in [2.45, 2.75) is 20.3 Å². The van der Waals surface area contributed by atoms with Crippen LogP contribution in [0.3, 0.4) is 0 Å². The lowest BCUT2D eigenvalue weighted by molar-refractivity contribution is 0.102. The lowest BCUT2D eigenvalue weighted by Crippen LogP contribution is -2.12. The molecule has 0 atom stereocenters. The highest BCUT2D eigenvalue weighted by atomic mass is 35.5. The minimum absolute atomic E-state index is 0.190. The van der Waals surface area contributed by atoms with Crippen molar-refractivity contribution in [2.24, 2.45) is 0 Å². The van der Waals surface area contributed by atoms with Gasteiger partial charge in [0.1, 0.15) is 16.8 Å². The van der Waals surface area contributed by atoms with Gasteiger partial charge in [-0.05, 0) is 79.6 Å². The number of aryl methyl sites for hydroxylation is 1. The standard InChI is InChI=1S/C23H21ClN4O2/c1-3-12-30-19-10-4-16(5-11-19)23(29)25-20-14-22-21(13-15(20)2)26-28(27-22)18-8-6-17(24)7-9-18/h4-11,13-14H,3,12H2,1-2H3,(H,25,29). The molecule has 1 N–H and O–H groups in total. The molecular formula is C23H21ClN4O2. The van der Waals surface area contributed by atoms with Crippen molar-refractivity contribution in [1.82, 2.24) is 15.0 Å². The molecule has 0 aliphatic carbocycles. The summed E-state index contributed by atoms with van der Waals surface area (Å²) in [6, 6.07) is 18.1. The zero-order valence-corrected chi connectivity index (χ0v) is 17.5. The number of halogens is 1. The number of hydrogen-bond donors (Lipinski definition) is 1. The predicted molar refractivity (Wildman–Crippen MR) is 119 cm³/mol. The molecule has 0 aliphatic heterocycles. The molecule has 1 heterocycles. The maximum absolute atomic E-state index is 12.7. The van der Waals surface area contributed by atoms with E-state index in [1.807, 2.05) is 31.2 Å². The fourth-order valence-corrected chi connectivity index (χ4v) is 3.14. The Balaban J connectivity index is 1.55. The van der Waals surface area contributed by atoms with Gasteiger partial charge in [0.25, 0.3) is 5.91 Å². The van der Waals surface area contributed by atoms with Crippen LogP contribution in [0.2, 0.25) is 5.02 Å². The highest BCUT2D eigenvalue weighted by molar-refractivity contribution is 6.30. The number of nitrogens with one attached hydrogen (secondary N) is 1. The molecule has 0 aliphatic rings. The summed E-state index contributed by atoms with van der Waals surface area (Å²) in [5, 5.41) is 12.7. The Morgan fingerprint density at radius 1 is 1.03 bits per heavy atom. The van der Waals surface area contributed by atoms with Crippen LogP contribution in [0.1, 0.15) is 29.3 Å². The van der Waals surface area contributed by atoms with Gasteiger partial charge >= 0.3 is 0 Å². The van der Waals surface area contributed by atoms with E-state index in [1.54, 1.807) is 41.2 Å². The van der Waals surface area contributed by atoms with Gasteiger partial charge in [0.05, 0.1) is 12.3 Å². The number of carbonyl (C=O) groups excluding carboxylic acids is 1.